The van der Waals surface area contributed by atoms with Crippen LogP contribution < -0.4 is 0 Å². The molecule has 0 amide bonds. The maximum atomic E-state index is 8.77. The Balaban J connectivity index is 2.38. The highest BCUT2D eigenvalue weighted by atomic mass is 28.4. The minimum absolute atomic E-state index is 1.15. The summed E-state index contributed by atoms with van der Waals surface area (Å²) in [6.07, 6.45) is 0. The van der Waals surface area contributed by atoms with Crippen LogP contribution in [-0.4, -0.2) is 13.1 Å². The Morgan fingerprint density at radius 3 is 1.80 bits per heavy atom. The molecule has 1 heterocycles. The largest absolute Gasteiger partial charge is 0.432 e. The molecule has 1 aliphatic heterocycles. The third-order valence-electron chi connectivity index (χ3n) is 0.974. The fourth-order valence-corrected chi connectivity index (χ4v) is 1.63. The SMILES string of the molecule is C[Si]1(O)CC1. The van der Waals surface area contributed by atoms with Crippen molar-refractivity contribution < 1.29 is 4.80 Å². The summed E-state index contributed by atoms with van der Waals surface area (Å²) >= 11 is 0. The van der Waals surface area contributed by atoms with Gasteiger partial charge in [0.15, 0.2) is 8.32 Å². The van der Waals surface area contributed by atoms with E-state index in [2.05, 4.69) is 0 Å². The van der Waals surface area contributed by atoms with E-state index in [0.29, 0.717) is 0 Å². The average Bonchev–Trinajstić information content (AvgIpc) is 1.76. The molecule has 0 unspecified atom stereocenters. The quantitative estimate of drug-likeness (QED) is 0.429. The third-order valence-corrected chi connectivity index (χ3v) is 2.92. The van der Waals surface area contributed by atoms with Crippen molar-refractivity contribution in [2.24, 2.45) is 0 Å². The van der Waals surface area contributed by atoms with Gasteiger partial charge < -0.3 is 4.80 Å². The minimum Gasteiger partial charge on any atom is -0.432 e. The lowest BCUT2D eigenvalue weighted by molar-refractivity contribution is 0.578. The average molecular weight is 88.2 g/mol. The van der Waals surface area contributed by atoms with Gasteiger partial charge in [0.2, 0.25) is 0 Å². The standard InChI is InChI=1S/C3H8OSi/c1-5(4)2-3-5/h4H,2-3H2,1H3. The molecule has 0 radical (unpaired) electrons. The molecule has 1 nitrogen and oxygen atoms in total. The van der Waals surface area contributed by atoms with E-state index in [1.54, 1.807) is 0 Å². The maximum Gasteiger partial charge on any atom is 0.185 e. The van der Waals surface area contributed by atoms with Gasteiger partial charge in [0.25, 0.3) is 0 Å². The van der Waals surface area contributed by atoms with Crippen LogP contribution in [0.15, 0.2) is 0 Å². The van der Waals surface area contributed by atoms with Crippen molar-refractivity contribution >= 4 is 8.32 Å². The van der Waals surface area contributed by atoms with Crippen LogP contribution in [0.1, 0.15) is 0 Å². The van der Waals surface area contributed by atoms with E-state index in [1.807, 2.05) is 6.55 Å². The Bertz CT molecular complexity index is 44.9. The first-order chi connectivity index (χ1) is 2.21. The summed E-state index contributed by atoms with van der Waals surface area (Å²) in [7, 11) is -1.36. The summed E-state index contributed by atoms with van der Waals surface area (Å²) in [6, 6.07) is 2.29. The minimum atomic E-state index is -1.36. The molecule has 1 aliphatic rings. The first-order valence-electron chi connectivity index (χ1n) is 1.93. The van der Waals surface area contributed by atoms with Crippen molar-refractivity contribution in [2.75, 3.05) is 0 Å². The summed E-state index contributed by atoms with van der Waals surface area (Å²) < 4.78 is 0. The topological polar surface area (TPSA) is 20.2 Å². The van der Waals surface area contributed by atoms with Crippen molar-refractivity contribution in [1.29, 1.82) is 0 Å². The van der Waals surface area contributed by atoms with Crippen molar-refractivity contribution in [1.82, 2.24) is 0 Å². The molecule has 1 saturated heterocycles. The predicted octanol–water partition coefficient (Wildman–Crippen LogP) is 0.568. The van der Waals surface area contributed by atoms with Crippen LogP contribution >= 0.6 is 0 Å². The first-order valence-corrected chi connectivity index (χ1v) is 4.79. The number of hydrogen-bond acceptors (Lipinski definition) is 1. The van der Waals surface area contributed by atoms with E-state index >= 15 is 0 Å². The van der Waals surface area contributed by atoms with Gasteiger partial charge in [-0.1, -0.05) is 0 Å². The highest BCUT2D eigenvalue weighted by Crippen LogP contribution is 2.31. The lowest BCUT2D eigenvalue weighted by Gasteiger charge is -1.82. The van der Waals surface area contributed by atoms with Crippen LogP contribution in [0.3, 0.4) is 0 Å². The zero-order chi connectivity index (χ0) is 3.91. The Kier molecular flexibility index (Phi) is 0.425. The summed E-state index contributed by atoms with van der Waals surface area (Å²) in [6.45, 7) is 1.99. The van der Waals surface area contributed by atoms with Gasteiger partial charge >= 0.3 is 0 Å². The van der Waals surface area contributed by atoms with Crippen LogP contribution in [0.4, 0.5) is 0 Å². The lowest BCUT2D eigenvalue weighted by Crippen LogP contribution is -2.02. The van der Waals surface area contributed by atoms with E-state index in [1.165, 1.54) is 0 Å². The Morgan fingerprint density at radius 2 is 1.80 bits per heavy atom. The van der Waals surface area contributed by atoms with Crippen LogP contribution in [0.25, 0.3) is 0 Å². The Labute approximate surface area is 32.8 Å². The van der Waals surface area contributed by atoms with Gasteiger partial charge in [-0.2, -0.15) is 0 Å². The van der Waals surface area contributed by atoms with Crippen LogP contribution in [0, 0.1) is 0 Å². The van der Waals surface area contributed by atoms with Crippen LogP contribution in [0.2, 0.25) is 18.6 Å². The Hall–Kier alpha value is 0.177. The number of rotatable bonds is 0. The molecule has 0 spiro atoms. The highest BCUT2D eigenvalue weighted by molar-refractivity contribution is 6.81. The fourth-order valence-electron chi connectivity index (χ4n) is 0.181. The van der Waals surface area contributed by atoms with Gasteiger partial charge in [-0.15, -0.1) is 0 Å². The Morgan fingerprint density at radius 1 is 1.60 bits per heavy atom. The highest BCUT2D eigenvalue weighted by Gasteiger charge is 2.38. The molecule has 0 aliphatic carbocycles. The molecule has 1 N–H and O–H groups in total. The molecule has 1 fully saturated rings. The van der Waals surface area contributed by atoms with Crippen molar-refractivity contribution in [3.05, 3.63) is 0 Å². The van der Waals surface area contributed by atoms with E-state index < -0.39 is 8.32 Å². The monoisotopic (exact) mass is 88.0 g/mol. The predicted molar refractivity (Wildman–Crippen MR) is 23.5 cm³/mol. The van der Waals surface area contributed by atoms with Crippen LogP contribution in [-0.2, 0) is 0 Å². The van der Waals surface area contributed by atoms with Gasteiger partial charge in [-0.05, 0) is 18.6 Å². The van der Waals surface area contributed by atoms with Gasteiger partial charge in [0, 0.05) is 0 Å². The molecule has 0 saturated carbocycles. The molecule has 1 rings (SSSR count). The molecular formula is C3H8OSi. The smallest absolute Gasteiger partial charge is 0.185 e. The zero-order valence-electron chi connectivity index (χ0n) is 3.36. The van der Waals surface area contributed by atoms with Gasteiger partial charge in [0.05, 0.1) is 0 Å². The molecule has 30 valence electrons. The number of hydrogen-bond donors (Lipinski definition) is 1. The van der Waals surface area contributed by atoms with E-state index in [9.17, 15) is 0 Å². The molecule has 5 heavy (non-hydrogen) atoms. The molecule has 0 aromatic heterocycles. The maximum absolute atomic E-state index is 8.77. The van der Waals surface area contributed by atoms with E-state index in [-0.39, 0.29) is 0 Å². The second-order valence-electron chi connectivity index (χ2n) is 2.00. The molecule has 0 aromatic rings. The third kappa shape index (κ3) is 0.739. The van der Waals surface area contributed by atoms with E-state index in [0.717, 1.165) is 12.1 Å². The summed E-state index contributed by atoms with van der Waals surface area (Å²) in [5.41, 5.74) is 0. The van der Waals surface area contributed by atoms with Gasteiger partial charge in [0.1, 0.15) is 0 Å². The van der Waals surface area contributed by atoms with Gasteiger partial charge in [-0.3, -0.25) is 0 Å². The summed E-state index contributed by atoms with van der Waals surface area (Å²) in [4.78, 5) is 8.77. The molecule has 0 atom stereocenters. The molecule has 2 heteroatoms. The molecular weight excluding hydrogens is 80.1 g/mol. The van der Waals surface area contributed by atoms with Gasteiger partial charge in [-0.25, -0.2) is 0 Å². The molecule has 0 bridgehead atoms. The van der Waals surface area contributed by atoms with Crippen molar-refractivity contribution in [3.63, 3.8) is 0 Å². The van der Waals surface area contributed by atoms with Crippen LogP contribution in [0.5, 0.6) is 0 Å². The summed E-state index contributed by atoms with van der Waals surface area (Å²) in [5.74, 6) is 0. The fraction of sp³-hybridized carbons (Fsp3) is 1.00. The lowest BCUT2D eigenvalue weighted by atomic mass is 11.0. The second kappa shape index (κ2) is 0.630. The second-order valence-corrected chi connectivity index (χ2v) is 5.99. The zero-order valence-corrected chi connectivity index (χ0v) is 4.36. The van der Waals surface area contributed by atoms with Crippen molar-refractivity contribution in [2.45, 2.75) is 18.6 Å². The summed E-state index contributed by atoms with van der Waals surface area (Å²) in [5, 5.41) is 0. The van der Waals surface area contributed by atoms with Crippen molar-refractivity contribution in [3.8, 4) is 0 Å². The van der Waals surface area contributed by atoms with E-state index in [4.69, 9.17) is 4.80 Å². The molecule has 0 aromatic carbocycles. The first kappa shape index (κ1) is 3.37. The normalized spacial score (nSPS) is 30.0.